The van der Waals surface area contributed by atoms with Crippen molar-refractivity contribution in [2.75, 3.05) is 13.1 Å². The summed E-state index contributed by atoms with van der Waals surface area (Å²) in [5.74, 6) is 0.592. The molecule has 1 amide bonds. The van der Waals surface area contributed by atoms with Gasteiger partial charge in [-0.05, 0) is 67.1 Å². The molecule has 1 saturated heterocycles. The molecule has 0 aliphatic carbocycles. The number of benzene rings is 1. The van der Waals surface area contributed by atoms with Crippen molar-refractivity contribution in [3.8, 4) is 5.75 Å². The monoisotopic (exact) mass is 355 g/mol. The van der Waals surface area contributed by atoms with E-state index in [-0.39, 0.29) is 12.0 Å². The van der Waals surface area contributed by atoms with Crippen molar-refractivity contribution >= 4 is 22.0 Å². The Bertz CT molecular complexity index is 517. The molecule has 1 N–H and O–H groups in total. The Morgan fingerprint density at radius 1 is 1.33 bits per heavy atom. The molecule has 21 heavy (non-hydrogen) atoms. The minimum Gasteiger partial charge on any atom is -0.506 e. The normalized spacial score (nSPS) is 16.9. The molecule has 1 aliphatic heterocycles. The predicted octanol–water partition coefficient (Wildman–Crippen LogP) is 4.27. The number of aromatic hydroxyl groups is 1. The van der Waals surface area contributed by atoms with Crippen molar-refractivity contribution in [3.05, 3.63) is 28.2 Å². The Morgan fingerprint density at radius 2 is 1.95 bits per heavy atom. The van der Waals surface area contributed by atoms with Gasteiger partial charge in [0.2, 0.25) is 0 Å². The van der Waals surface area contributed by atoms with E-state index >= 15 is 0 Å². The number of carbonyl (C=O) groups excluding carboxylic acids is 1. The van der Waals surface area contributed by atoms with Crippen molar-refractivity contribution in [1.29, 1.82) is 0 Å². The van der Waals surface area contributed by atoms with Crippen molar-refractivity contribution in [1.82, 2.24) is 4.90 Å². The molecule has 4 nitrogen and oxygen atoms in total. The van der Waals surface area contributed by atoms with Crippen LogP contribution in [0.5, 0.6) is 5.75 Å². The molecule has 1 fully saturated rings. The molecule has 1 aromatic carbocycles. The summed E-state index contributed by atoms with van der Waals surface area (Å²) in [5.41, 5.74) is 0.490. The number of likely N-dealkylation sites (tertiary alicyclic amines) is 1. The number of para-hydroxylation sites is 1. The first-order chi connectivity index (χ1) is 9.78. The molecular weight excluding hydrogens is 334 g/mol. The van der Waals surface area contributed by atoms with Gasteiger partial charge in [-0.25, -0.2) is 4.79 Å². The van der Waals surface area contributed by atoms with E-state index in [2.05, 4.69) is 15.9 Å². The lowest BCUT2D eigenvalue weighted by molar-refractivity contribution is 0.0204. The molecule has 1 aromatic rings. The van der Waals surface area contributed by atoms with Crippen LogP contribution in [0.25, 0.3) is 0 Å². The number of halogens is 1. The molecule has 116 valence electrons. The van der Waals surface area contributed by atoms with Crippen LogP contribution in [0.3, 0.4) is 0 Å². The van der Waals surface area contributed by atoms with Crippen molar-refractivity contribution in [2.24, 2.45) is 0 Å². The number of rotatable bonds is 1. The topological polar surface area (TPSA) is 49.8 Å². The zero-order chi connectivity index (χ0) is 15.6. The molecule has 1 heterocycles. The highest BCUT2D eigenvalue weighted by Gasteiger charge is 2.28. The molecule has 0 spiro atoms. The Labute approximate surface area is 134 Å². The number of hydrogen-bond acceptors (Lipinski definition) is 3. The number of hydrogen-bond donors (Lipinski definition) is 1. The van der Waals surface area contributed by atoms with Gasteiger partial charge in [0.05, 0.1) is 4.47 Å². The molecular formula is C16H22BrNO3. The van der Waals surface area contributed by atoms with E-state index in [9.17, 15) is 9.90 Å². The largest absolute Gasteiger partial charge is 0.506 e. The lowest BCUT2D eigenvalue weighted by Crippen LogP contribution is -2.41. The van der Waals surface area contributed by atoms with Crippen LogP contribution in [0.2, 0.25) is 0 Å². The van der Waals surface area contributed by atoms with Gasteiger partial charge < -0.3 is 14.7 Å². The van der Waals surface area contributed by atoms with Gasteiger partial charge in [0.15, 0.2) is 0 Å². The fourth-order valence-corrected chi connectivity index (χ4v) is 2.94. The standard InChI is InChI=1S/C16H22BrNO3/c1-16(2,3)21-15(20)18-9-7-11(8-10-18)12-5-4-6-13(17)14(12)19/h4-6,11,19H,7-10H2,1-3H3. The summed E-state index contributed by atoms with van der Waals surface area (Å²) in [5, 5.41) is 10.1. The zero-order valence-corrected chi connectivity index (χ0v) is 14.3. The van der Waals surface area contributed by atoms with Crippen LogP contribution in [0.15, 0.2) is 22.7 Å². The van der Waals surface area contributed by atoms with Gasteiger partial charge in [0, 0.05) is 13.1 Å². The quantitative estimate of drug-likeness (QED) is 0.818. The van der Waals surface area contributed by atoms with Crippen LogP contribution >= 0.6 is 15.9 Å². The molecule has 5 heteroatoms. The highest BCUT2D eigenvalue weighted by Crippen LogP contribution is 2.37. The summed E-state index contributed by atoms with van der Waals surface area (Å²) in [6, 6.07) is 5.71. The van der Waals surface area contributed by atoms with E-state index in [1.54, 1.807) is 4.90 Å². The fourth-order valence-electron chi connectivity index (χ4n) is 2.56. The minimum absolute atomic E-state index is 0.251. The Hall–Kier alpha value is -1.23. The van der Waals surface area contributed by atoms with Gasteiger partial charge >= 0.3 is 6.09 Å². The second-order valence-corrected chi connectivity index (χ2v) is 7.27. The molecule has 1 aliphatic rings. The lowest BCUT2D eigenvalue weighted by atomic mass is 9.89. The summed E-state index contributed by atoms with van der Waals surface area (Å²) in [6.45, 7) is 6.93. The fraction of sp³-hybridized carbons (Fsp3) is 0.562. The van der Waals surface area contributed by atoms with E-state index < -0.39 is 5.60 Å². The molecule has 0 aromatic heterocycles. The van der Waals surface area contributed by atoms with Gasteiger partial charge in [-0.3, -0.25) is 0 Å². The van der Waals surface area contributed by atoms with Crippen LogP contribution in [-0.4, -0.2) is 34.8 Å². The van der Waals surface area contributed by atoms with Crippen LogP contribution in [0, 0.1) is 0 Å². The summed E-state index contributed by atoms with van der Waals surface area (Å²) < 4.78 is 6.11. The van der Waals surface area contributed by atoms with Crippen LogP contribution < -0.4 is 0 Å². The highest BCUT2D eigenvalue weighted by molar-refractivity contribution is 9.10. The Kier molecular flexibility index (Phi) is 4.81. The third-order valence-corrected chi connectivity index (χ3v) is 4.24. The summed E-state index contributed by atoms with van der Waals surface area (Å²) >= 11 is 3.35. The second-order valence-electron chi connectivity index (χ2n) is 6.42. The average Bonchev–Trinajstić information content (AvgIpc) is 2.40. The summed E-state index contributed by atoms with van der Waals surface area (Å²) in [4.78, 5) is 13.8. The average molecular weight is 356 g/mol. The van der Waals surface area contributed by atoms with E-state index in [1.807, 2.05) is 39.0 Å². The summed E-state index contributed by atoms with van der Waals surface area (Å²) in [6.07, 6.45) is 1.42. The predicted molar refractivity (Wildman–Crippen MR) is 85.6 cm³/mol. The molecule has 0 bridgehead atoms. The molecule has 2 rings (SSSR count). The maximum atomic E-state index is 12.0. The molecule has 0 saturated carbocycles. The number of nitrogens with zero attached hydrogens (tertiary/aromatic N) is 1. The second kappa shape index (κ2) is 6.26. The van der Waals surface area contributed by atoms with Crippen molar-refractivity contribution in [2.45, 2.75) is 45.1 Å². The third kappa shape index (κ3) is 4.13. The van der Waals surface area contributed by atoms with Gasteiger partial charge in [-0.15, -0.1) is 0 Å². The van der Waals surface area contributed by atoms with E-state index in [0.29, 0.717) is 18.8 Å². The number of piperidine rings is 1. The first kappa shape index (κ1) is 16.1. The van der Waals surface area contributed by atoms with Gasteiger partial charge in [-0.1, -0.05) is 12.1 Å². The highest BCUT2D eigenvalue weighted by atomic mass is 79.9. The van der Waals surface area contributed by atoms with Crippen molar-refractivity contribution in [3.63, 3.8) is 0 Å². The van der Waals surface area contributed by atoms with E-state index in [1.165, 1.54) is 0 Å². The third-order valence-electron chi connectivity index (χ3n) is 3.60. The summed E-state index contributed by atoms with van der Waals surface area (Å²) in [7, 11) is 0. The number of phenolic OH excluding ortho intramolecular Hbond substituents is 1. The van der Waals surface area contributed by atoms with Crippen LogP contribution in [-0.2, 0) is 4.74 Å². The van der Waals surface area contributed by atoms with E-state index in [4.69, 9.17) is 4.74 Å². The maximum Gasteiger partial charge on any atom is 0.410 e. The SMILES string of the molecule is CC(C)(C)OC(=O)N1CCC(c2cccc(Br)c2O)CC1. The number of ether oxygens (including phenoxy) is 1. The van der Waals surface area contributed by atoms with Gasteiger partial charge in [0.1, 0.15) is 11.4 Å². The maximum absolute atomic E-state index is 12.0. The van der Waals surface area contributed by atoms with Gasteiger partial charge in [-0.2, -0.15) is 0 Å². The van der Waals surface area contributed by atoms with Crippen LogP contribution in [0.1, 0.15) is 45.1 Å². The van der Waals surface area contributed by atoms with E-state index in [0.717, 1.165) is 22.9 Å². The molecule has 0 unspecified atom stereocenters. The van der Waals surface area contributed by atoms with Crippen molar-refractivity contribution < 1.29 is 14.6 Å². The minimum atomic E-state index is -0.462. The first-order valence-electron chi connectivity index (χ1n) is 7.23. The first-order valence-corrected chi connectivity index (χ1v) is 8.02. The Balaban J connectivity index is 1.97. The van der Waals surface area contributed by atoms with Gasteiger partial charge in [0.25, 0.3) is 0 Å². The smallest absolute Gasteiger partial charge is 0.410 e. The zero-order valence-electron chi connectivity index (χ0n) is 12.7. The number of phenols is 1. The Morgan fingerprint density at radius 3 is 2.52 bits per heavy atom. The lowest BCUT2D eigenvalue weighted by Gasteiger charge is -2.33. The molecule has 0 atom stereocenters. The number of carbonyl (C=O) groups is 1. The molecule has 0 radical (unpaired) electrons. The van der Waals surface area contributed by atoms with Crippen LogP contribution in [0.4, 0.5) is 4.79 Å². The number of amides is 1.